The molecule has 8 heteroatoms. The van der Waals surface area contributed by atoms with Crippen LogP contribution in [0.15, 0.2) is 48.8 Å². The molecule has 2 atom stereocenters. The third-order valence-corrected chi connectivity index (χ3v) is 5.85. The summed E-state index contributed by atoms with van der Waals surface area (Å²) < 4.78 is 19.4. The van der Waals surface area contributed by atoms with E-state index in [0.717, 1.165) is 11.1 Å². The lowest BCUT2D eigenvalue weighted by Gasteiger charge is -2.19. The Hall–Kier alpha value is -3.86. The van der Waals surface area contributed by atoms with Crippen molar-refractivity contribution in [3.8, 4) is 23.1 Å². The average molecular weight is 446 g/mol. The van der Waals surface area contributed by atoms with Gasteiger partial charge in [0, 0.05) is 54.2 Å². The lowest BCUT2D eigenvalue weighted by molar-refractivity contribution is -0.131. The van der Waals surface area contributed by atoms with Crippen molar-refractivity contribution in [1.29, 1.82) is 5.26 Å². The van der Waals surface area contributed by atoms with Crippen LogP contribution < -0.4 is 4.74 Å². The fourth-order valence-electron chi connectivity index (χ4n) is 4.16. The van der Waals surface area contributed by atoms with E-state index in [2.05, 4.69) is 9.97 Å². The summed E-state index contributed by atoms with van der Waals surface area (Å²) >= 11 is 0. The van der Waals surface area contributed by atoms with E-state index in [-0.39, 0.29) is 37.5 Å². The molecule has 1 unspecified atom stereocenters. The van der Waals surface area contributed by atoms with Gasteiger partial charge in [-0.05, 0) is 36.8 Å². The highest BCUT2D eigenvalue weighted by Gasteiger charge is 2.43. The van der Waals surface area contributed by atoms with Gasteiger partial charge in [0.2, 0.25) is 11.8 Å². The molecule has 1 saturated heterocycles. The lowest BCUT2D eigenvalue weighted by atomic mass is 9.98. The van der Waals surface area contributed by atoms with Crippen LogP contribution in [-0.4, -0.2) is 51.9 Å². The Bertz CT molecular complexity index is 1250. The van der Waals surface area contributed by atoms with E-state index in [1.807, 2.05) is 30.3 Å². The molecule has 1 aliphatic heterocycles. The molecule has 1 amide bonds. The first kappa shape index (κ1) is 22.3. The molecule has 3 aromatic rings. The van der Waals surface area contributed by atoms with Gasteiger partial charge in [-0.15, -0.1) is 0 Å². The maximum Gasteiger partial charge on any atom is 0.224 e. The maximum absolute atomic E-state index is 14.3. The zero-order valence-corrected chi connectivity index (χ0v) is 18.4. The molecule has 33 heavy (non-hydrogen) atoms. The van der Waals surface area contributed by atoms with Gasteiger partial charge in [0.1, 0.15) is 11.7 Å². The Morgan fingerprint density at radius 2 is 2.00 bits per heavy atom. The Morgan fingerprint density at radius 3 is 2.70 bits per heavy atom. The Morgan fingerprint density at radius 1 is 1.21 bits per heavy atom. The summed E-state index contributed by atoms with van der Waals surface area (Å²) in [5, 5.41) is 9.92. The molecule has 4 rings (SSSR count). The minimum absolute atomic E-state index is 0.0127. The summed E-state index contributed by atoms with van der Waals surface area (Å²) in [7, 11) is 1.55. The highest BCUT2D eigenvalue weighted by Crippen LogP contribution is 2.31. The summed E-state index contributed by atoms with van der Waals surface area (Å²) in [6.07, 6.45) is 3.12. The second kappa shape index (κ2) is 8.94. The van der Waals surface area contributed by atoms with Crippen LogP contribution in [0.3, 0.4) is 0 Å². The number of nitrogens with zero attached hydrogens (tertiary/aromatic N) is 4. The topological polar surface area (TPSA) is 96.2 Å². The highest BCUT2D eigenvalue weighted by atomic mass is 19.1. The number of amides is 1. The largest absolute Gasteiger partial charge is 0.481 e. The molecule has 0 spiro atoms. The fraction of sp³-hybridized carbons (Fsp3) is 0.320. The van der Waals surface area contributed by atoms with Gasteiger partial charge in [0.15, 0.2) is 5.78 Å². The Labute approximate surface area is 190 Å². The minimum Gasteiger partial charge on any atom is -0.481 e. The average Bonchev–Trinajstić information content (AvgIpc) is 3.16. The quantitative estimate of drug-likeness (QED) is 0.529. The van der Waals surface area contributed by atoms with Gasteiger partial charge >= 0.3 is 0 Å². The van der Waals surface area contributed by atoms with Crippen LogP contribution in [0.5, 0.6) is 5.88 Å². The molecule has 0 N–H and O–H groups in total. The zero-order chi connectivity index (χ0) is 23.6. The van der Waals surface area contributed by atoms with E-state index >= 15 is 0 Å². The van der Waals surface area contributed by atoms with Crippen LogP contribution in [0.1, 0.15) is 36.5 Å². The monoisotopic (exact) mass is 446 g/mol. The molecule has 0 aliphatic carbocycles. The molecule has 1 aliphatic rings. The second-order valence-corrected chi connectivity index (χ2v) is 8.39. The molecule has 0 saturated carbocycles. The number of alkyl halides is 1. The molecule has 2 aromatic heterocycles. The minimum atomic E-state index is -1.59. The predicted octanol–water partition coefficient (Wildman–Crippen LogP) is 4.12. The van der Waals surface area contributed by atoms with Crippen molar-refractivity contribution in [3.63, 3.8) is 0 Å². The summed E-state index contributed by atoms with van der Waals surface area (Å²) in [6, 6.07) is 12.1. The van der Waals surface area contributed by atoms with Crippen molar-refractivity contribution in [2.75, 3.05) is 13.7 Å². The lowest BCUT2D eigenvalue weighted by Crippen LogP contribution is -2.36. The molecule has 3 heterocycles. The summed E-state index contributed by atoms with van der Waals surface area (Å²) in [6.45, 7) is 1.25. The fourth-order valence-corrected chi connectivity index (χ4v) is 4.16. The van der Waals surface area contributed by atoms with Crippen LogP contribution >= 0.6 is 0 Å². The number of pyridine rings is 2. The van der Waals surface area contributed by atoms with Crippen molar-refractivity contribution in [3.05, 3.63) is 54.4 Å². The zero-order valence-electron chi connectivity index (χ0n) is 18.4. The number of Topliss-reactive ketones (excluding diaryl/α,β-unsaturated/α-hetero) is 1. The van der Waals surface area contributed by atoms with E-state index < -0.39 is 11.7 Å². The van der Waals surface area contributed by atoms with Crippen LogP contribution in [0.25, 0.3) is 22.0 Å². The smallest absolute Gasteiger partial charge is 0.224 e. The standard InChI is InChI=1S/C25H23FN4O3/c1-25(26)12-18(13-27)30(15-25)24(32)8-6-22(31)19-9-10-28-21-5-3-16(11-20(19)21)17-4-7-23(33-2)29-14-17/h3-5,7,9-11,14,18H,6,8,12,15H2,1-2H3/t18-,25?/m0/s1. The van der Waals surface area contributed by atoms with Crippen LogP contribution in [0.2, 0.25) is 0 Å². The van der Waals surface area contributed by atoms with E-state index in [0.29, 0.717) is 22.3 Å². The number of hydrogen-bond acceptors (Lipinski definition) is 6. The Balaban J connectivity index is 1.54. The Kier molecular flexibility index (Phi) is 6.05. The first-order chi connectivity index (χ1) is 15.8. The van der Waals surface area contributed by atoms with Gasteiger partial charge in [-0.25, -0.2) is 9.37 Å². The molecule has 0 radical (unpaired) electrons. The molecule has 1 fully saturated rings. The number of halogens is 1. The number of methoxy groups -OCH3 is 1. The second-order valence-electron chi connectivity index (χ2n) is 8.39. The van der Waals surface area contributed by atoms with Crippen LogP contribution in [0, 0.1) is 11.3 Å². The van der Waals surface area contributed by atoms with Crippen LogP contribution in [0.4, 0.5) is 4.39 Å². The van der Waals surface area contributed by atoms with Gasteiger partial charge in [0.25, 0.3) is 0 Å². The molecule has 168 valence electrons. The first-order valence-corrected chi connectivity index (χ1v) is 10.6. The van der Waals surface area contributed by atoms with Crippen molar-refractivity contribution >= 4 is 22.6 Å². The van der Waals surface area contributed by atoms with Crippen LogP contribution in [-0.2, 0) is 4.79 Å². The van der Waals surface area contributed by atoms with Gasteiger partial charge in [-0.3, -0.25) is 14.6 Å². The molecule has 0 bridgehead atoms. The SMILES string of the molecule is COc1ccc(-c2ccc3nccc(C(=O)CCC(=O)N4CC(C)(F)C[C@H]4C#N)c3c2)cn1. The summed E-state index contributed by atoms with van der Waals surface area (Å²) in [4.78, 5) is 35.4. The third-order valence-electron chi connectivity index (χ3n) is 5.85. The number of fused-ring (bicyclic) bond motifs is 1. The summed E-state index contributed by atoms with van der Waals surface area (Å²) in [5.74, 6) is -0.0949. The predicted molar refractivity (Wildman–Crippen MR) is 120 cm³/mol. The number of carbonyl (C=O) groups excluding carboxylic acids is 2. The number of nitriles is 1. The normalized spacial score (nSPS) is 19.9. The van der Waals surface area contributed by atoms with Crippen molar-refractivity contribution < 1.29 is 18.7 Å². The maximum atomic E-state index is 14.3. The molecule has 1 aromatic carbocycles. The number of rotatable bonds is 6. The van der Waals surface area contributed by atoms with Gasteiger partial charge in [-0.2, -0.15) is 5.26 Å². The molecular formula is C25H23FN4O3. The molecule has 7 nitrogen and oxygen atoms in total. The number of aromatic nitrogens is 2. The number of likely N-dealkylation sites (tertiary alicyclic amines) is 1. The number of ketones is 1. The number of ether oxygens (including phenoxy) is 1. The first-order valence-electron chi connectivity index (χ1n) is 10.6. The van der Waals surface area contributed by atoms with Gasteiger partial charge in [0.05, 0.1) is 25.2 Å². The van der Waals surface area contributed by atoms with Gasteiger partial charge in [-0.1, -0.05) is 6.07 Å². The highest BCUT2D eigenvalue weighted by molar-refractivity contribution is 6.08. The molecular weight excluding hydrogens is 423 g/mol. The summed E-state index contributed by atoms with van der Waals surface area (Å²) in [5.41, 5.74) is 1.26. The third kappa shape index (κ3) is 4.67. The number of carbonyl (C=O) groups is 2. The van der Waals surface area contributed by atoms with Gasteiger partial charge < -0.3 is 9.64 Å². The van der Waals surface area contributed by atoms with E-state index in [4.69, 9.17) is 4.74 Å². The van der Waals surface area contributed by atoms with Crippen molar-refractivity contribution in [2.45, 2.75) is 37.9 Å². The van der Waals surface area contributed by atoms with E-state index in [1.165, 1.54) is 11.8 Å². The van der Waals surface area contributed by atoms with Crippen molar-refractivity contribution in [2.24, 2.45) is 0 Å². The van der Waals surface area contributed by atoms with Crippen molar-refractivity contribution in [1.82, 2.24) is 14.9 Å². The van der Waals surface area contributed by atoms with E-state index in [9.17, 15) is 19.2 Å². The number of benzene rings is 1. The number of hydrogen-bond donors (Lipinski definition) is 0. The van der Waals surface area contributed by atoms with E-state index in [1.54, 1.807) is 31.6 Å².